The van der Waals surface area contributed by atoms with Gasteiger partial charge in [0.15, 0.2) is 19.7 Å². The van der Waals surface area contributed by atoms with Crippen molar-refractivity contribution in [3.8, 4) is 0 Å². The third-order valence-corrected chi connectivity index (χ3v) is 8.63. The molecule has 1 fully saturated rings. The number of sulfone groups is 2. The largest absolute Gasteiger partial charge is 0.224 e. The van der Waals surface area contributed by atoms with E-state index in [0.29, 0.717) is 21.9 Å². The second kappa shape index (κ2) is 8.29. The molecule has 0 amide bonds. The van der Waals surface area contributed by atoms with Crippen molar-refractivity contribution in [3.63, 3.8) is 0 Å². The Bertz CT molecular complexity index is 1180. The summed E-state index contributed by atoms with van der Waals surface area (Å²) in [5.41, 5.74) is 2.82. The lowest BCUT2D eigenvalue weighted by molar-refractivity contribution is 0.590. The molecular weight excluding hydrogens is 440 g/mol. The number of benzene rings is 2. The van der Waals surface area contributed by atoms with Crippen LogP contribution in [-0.2, 0) is 25.4 Å². The minimum atomic E-state index is -3.71. The first kappa shape index (κ1) is 23.3. The van der Waals surface area contributed by atoms with Gasteiger partial charge >= 0.3 is 0 Å². The summed E-state index contributed by atoms with van der Waals surface area (Å²) in [5.74, 6) is 0.0461. The highest BCUT2D eigenvalue weighted by molar-refractivity contribution is 7.91. The van der Waals surface area contributed by atoms with Crippen LogP contribution in [0.2, 0.25) is 5.02 Å². The van der Waals surface area contributed by atoms with Crippen molar-refractivity contribution in [2.45, 2.75) is 73.8 Å². The molecular formula is C23H29ClO4S2. The van der Waals surface area contributed by atoms with Crippen LogP contribution >= 0.6 is 11.6 Å². The third-order valence-electron chi connectivity index (χ3n) is 5.56. The lowest BCUT2D eigenvalue weighted by Gasteiger charge is -2.20. The van der Waals surface area contributed by atoms with Crippen molar-refractivity contribution >= 4 is 31.3 Å². The topological polar surface area (TPSA) is 68.3 Å². The molecule has 0 unspecified atom stereocenters. The zero-order valence-corrected chi connectivity index (χ0v) is 20.5. The molecule has 0 atom stereocenters. The van der Waals surface area contributed by atoms with Gasteiger partial charge in [-0.05, 0) is 71.0 Å². The lowest BCUT2D eigenvalue weighted by atomic mass is 9.98. The zero-order chi connectivity index (χ0) is 22.4. The summed E-state index contributed by atoms with van der Waals surface area (Å²) < 4.78 is 51.9. The molecule has 7 heteroatoms. The van der Waals surface area contributed by atoms with E-state index in [1.54, 1.807) is 6.07 Å². The van der Waals surface area contributed by atoms with Gasteiger partial charge in [-0.1, -0.05) is 51.4 Å². The predicted octanol–water partition coefficient (Wildman–Crippen LogP) is 5.84. The second-order valence-electron chi connectivity index (χ2n) is 8.89. The summed E-state index contributed by atoms with van der Waals surface area (Å²) >= 11 is 6.21. The SMILES string of the molecule is CC(C)c1ccc(C2CC2)cc1S(=O)(=O)Cc1cc(Cl)cc(S(C)(=O)=O)c1C(C)C. The van der Waals surface area contributed by atoms with Crippen LogP contribution in [0.3, 0.4) is 0 Å². The van der Waals surface area contributed by atoms with Gasteiger partial charge in [-0.15, -0.1) is 0 Å². The predicted molar refractivity (Wildman–Crippen MR) is 122 cm³/mol. The molecule has 0 aromatic heterocycles. The maximum atomic E-state index is 13.6. The van der Waals surface area contributed by atoms with Gasteiger partial charge < -0.3 is 0 Å². The van der Waals surface area contributed by atoms with Gasteiger partial charge in [0, 0.05) is 11.3 Å². The molecule has 1 saturated carbocycles. The summed E-state index contributed by atoms with van der Waals surface area (Å²) in [4.78, 5) is 0.448. The standard InChI is InChI=1S/C23H29ClO4S2/c1-14(2)20-9-8-17(16-6-7-16)11-21(20)30(27,28)13-18-10-19(24)12-22(29(5,25)26)23(18)15(3)4/h8-12,14-16H,6-7,13H2,1-5H3. The monoisotopic (exact) mass is 468 g/mol. The highest BCUT2D eigenvalue weighted by atomic mass is 35.5. The summed E-state index contributed by atoms with van der Waals surface area (Å²) in [6.07, 6.45) is 3.30. The fourth-order valence-corrected chi connectivity index (χ4v) is 7.17. The number of rotatable bonds is 7. The van der Waals surface area contributed by atoms with Crippen molar-refractivity contribution in [3.05, 3.63) is 57.6 Å². The lowest BCUT2D eigenvalue weighted by Crippen LogP contribution is -2.14. The van der Waals surface area contributed by atoms with Crippen LogP contribution in [0.25, 0.3) is 0 Å². The van der Waals surface area contributed by atoms with Crippen LogP contribution in [0.15, 0.2) is 40.1 Å². The van der Waals surface area contributed by atoms with E-state index in [-0.39, 0.29) is 27.5 Å². The molecule has 2 aromatic rings. The van der Waals surface area contributed by atoms with Crippen molar-refractivity contribution in [2.75, 3.05) is 6.26 Å². The van der Waals surface area contributed by atoms with E-state index < -0.39 is 19.7 Å². The van der Waals surface area contributed by atoms with Gasteiger partial charge in [0.2, 0.25) is 0 Å². The minimum Gasteiger partial charge on any atom is -0.224 e. The summed E-state index contributed by atoms with van der Waals surface area (Å²) in [6.45, 7) is 7.68. The smallest absolute Gasteiger partial charge is 0.182 e. The molecule has 4 nitrogen and oxygen atoms in total. The van der Waals surface area contributed by atoms with Gasteiger partial charge in [-0.2, -0.15) is 0 Å². The van der Waals surface area contributed by atoms with Gasteiger partial charge in [0.1, 0.15) is 0 Å². The van der Waals surface area contributed by atoms with Crippen LogP contribution in [0.1, 0.15) is 80.5 Å². The molecule has 164 valence electrons. The number of hydrogen-bond acceptors (Lipinski definition) is 4. The minimum absolute atomic E-state index is 0.0542. The van der Waals surface area contributed by atoms with E-state index in [9.17, 15) is 16.8 Å². The van der Waals surface area contributed by atoms with E-state index in [4.69, 9.17) is 11.6 Å². The maximum Gasteiger partial charge on any atom is 0.182 e. The van der Waals surface area contributed by atoms with Crippen LogP contribution < -0.4 is 0 Å². The van der Waals surface area contributed by atoms with Crippen LogP contribution in [0, 0.1) is 0 Å². The van der Waals surface area contributed by atoms with Crippen molar-refractivity contribution in [1.29, 1.82) is 0 Å². The first-order chi connectivity index (χ1) is 13.8. The Kier molecular flexibility index (Phi) is 6.43. The normalized spacial score (nSPS) is 15.2. The molecule has 0 spiro atoms. The van der Waals surface area contributed by atoms with E-state index in [1.807, 2.05) is 45.9 Å². The molecule has 1 aliphatic rings. The van der Waals surface area contributed by atoms with E-state index in [1.165, 1.54) is 6.07 Å². The highest BCUT2D eigenvalue weighted by Crippen LogP contribution is 2.42. The average molecular weight is 469 g/mol. The van der Waals surface area contributed by atoms with Gasteiger partial charge in [-0.3, -0.25) is 0 Å². The van der Waals surface area contributed by atoms with E-state index in [0.717, 1.165) is 30.2 Å². The average Bonchev–Trinajstić information content (AvgIpc) is 3.44. The Balaban J connectivity index is 2.17. The fraction of sp³-hybridized carbons (Fsp3) is 0.478. The van der Waals surface area contributed by atoms with Crippen molar-refractivity contribution < 1.29 is 16.8 Å². The van der Waals surface area contributed by atoms with E-state index in [2.05, 4.69) is 0 Å². The molecule has 3 rings (SSSR count). The Morgan fingerprint density at radius 1 is 0.933 bits per heavy atom. The van der Waals surface area contributed by atoms with Gasteiger partial charge in [0.25, 0.3) is 0 Å². The Labute approximate surface area is 185 Å². The van der Waals surface area contributed by atoms with Crippen LogP contribution in [0.4, 0.5) is 0 Å². The molecule has 0 bridgehead atoms. The first-order valence-corrected chi connectivity index (χ1v) is 14.1. The molecule has 0 heterocycles. The highest BCUT2D eigenvalue weighted by Gasteiger charge is 2.29. The summed E-state index contributed by atoms with van der Waals surface area (Å²) in [5, 5.41) is 0.223. The number of hydrogen-bond donors (Lipinski definition) is 0. The molecule has 0 saturated heterocycles. The van der Waals surface area contributed by atoms with Crippen LogP contribution in [0.5, 0.6) is 0 Å². The zero-order valence-electron chi connectivity index (χ0n) is 18.1. The third kappa shape index (κ3) is 4.92. The molecule has 1 aliphatic carbocycles. The molecule has 0 N–H and O–H groups in total. The fourth-order valence-electron chi connectivity index (χ4n) is 3.98. The van der Waals surface area contributed by atoms with Crippen LogP contribution in [-0.4, -0.2) is 23.1 Å². The Morgan fingerprint density at radius 3 is 2.07 bits per heavy atom. The maximum absolute atomic E-state index is 13.6. The molecule has 0 aliphatic heterocycles. The first-order valence-electron chi connectivity index (χ1n) is 10.2. The summed E-state index contributed by atoms with van der Waals surface area (Å²) in [7, 11) is -7.26. The summed E-state index contributed by atoms with van der Waals surface area (Å²) in [6, 6.07) is 8.78. The van der Waals surface area contributed by atoms with Gasteiger partial charge in [-0.25, -0.2) is 16.8 Å². The Hall–Kier alpha value is -1.37. The van der Waals surface area contributed by atoms with Gasteiger partial charge in [0.05, 0.1) is 15.5 Å². The quantitative estimate of drug-likeness (QED) is 0.511. The Morgan fingerprint density at radius 2 is 1.57 bits per heavy atom. The molecule has 0 radical (unpaired) electrons. The van der Waals surface area contributed by atoms with Crippen molar-refractivity contribution in [1.82, 2.24) is 0 Å². The second-order valence-corrected chi connectivity index (χ2v) is 13.3. The molecule has 2 aromatic carbocycles. The van der Waals surface area contributed by atoms with E-state index >= 15 is 0 Å². The van der Waals surface area contributed by atoms with Crippen molar-refractivity contribution in [2.24, 2.45) is 0 Å². The number of halogens is 1. The molecule has 30 heavy (non-hydrogen) atoms.